The lowest BCUT2D eigenvalue weighted by Crippen LogP contribution is -2.24. The molecule has 18 heavy (non-hydrogen) atoms. The minimum atomic E-state index is -0.269. The molecule has 0 spiro atoms. The number of rotatable bonds is 4. The van der Waals surface area contributed by atoms with Gasteiger partial charge in [-0.05, 0) is 38.7 Å². The van der Waals surface area contributed by atoms with Crippen molar-refractivity contribution < 1.29 is 9.84 Å². The maximum absolute atomic E-state index is 9.64. The van der Waals surface area contributed by atoms with Gasteiger partial charge < -0.3 is 20.5 Å². The van der Waals surface area contributed by atoms with Gasteiger partial charge in [0.1, 0.15) is 0 Å². The first-order chi connectivity index (χ1) is 8.49. The number of nitrogens with two attached hydrogens (primary N) is 1. The number of aliphatic hydroxyl groups is 1. The maximum Gasteiger partial charge on any atom is 0.198 e. The topological polar surface area (TPSA) is 71.6 Å². The first-order valence-electron chi connectivity index (χ1n) is 6.33. The van der Waals surface area contributed by atoms with Gasteiger partial charge in [0.25, 0.3) is 0 Å². The van der Waals surface area contributed by atoms with Crippen molar-refractivity contribution in [2.45, 2.75) is 39.4 Å². The summed E-state index contributed by atoms with van der Waals surface area (Å²) in [6, 6.07) is 0. The standard InChI is InChI=1S/C12H21N3O2S/c1-7(2)17-10-11(13)14-18-12(10)15-5-4-9(6-15)8(3)16/h7-9,16H,4-6H2,1-3H3,(H2,13,14). The number of hydrogen-bond donors (Lipinski definition) is 2. The molecule has 0 aliphatic carbocycles. The molecule has 2 atom stereocenters. The molecule has 2 rings (SSSR count). The summed E-state index contributed by atoms with van der Waals surface area (Å²) in [5.74, 6) is 1.48. The zero-order valence-corrected chi connectivity index (χ0v) is 11.9. The highest BCUT2D eigenvalue weighted by Crippen LogP contribution is 2.41. The first-order valence-corrected chi connectivity index (χ1v) is 7.11. The monoisotopic (exact) mass is 271 g/mol. The van der Waals surface area contributed by atoms with Gasteiger partial charge in [0.2, 0.25) is 0 Å². The van der Waals surface area contributed by atoms with Gasteiger partial charge in [-0.1, -0.05) is 0 Å². The van der Waals surface area contributed by atoms with Gasteiger partial charge in [0, 0.05) is 19.0 Å². The molecule has 5 nitrogen and oxygen atoms in total. The molecule has 0 aromatic carbocycles. The second-order valence-corrected chi connectivity index (χ2v) is 5.86. The summed E-state index contributed by atoms with van der Waals surface area (Å²) in [5, 5.41) is 10.6. The van der Waals surface area contributed by atoms with Crippen molar-refractivity contribution in [1.29, 1.82) is 0 Å². The zero-order chi connectivity index (χ0) is 13.3. The van der Waals surface area contributed by atoms with E-state index in [0.717, 1.165) is 24.5 Å². The molecule has 1 saturated heterocycles. The third-order valence-electron chi connectivity index (χ3n) is 3.21. The summed E-state index contributed by atoms with van der Waals surface area (Å²) in [6.07, 6.45) is 0.809. The Bertz CT molecular complexity index is 406. The van der Waals surface area contributed by atoms with E-state index in [1.165, 1.54) is 11.5 Å². The lowest BCUT2D eigenvalue weighted by molar-refractivity contribution is 0.136. The van der Waals surface area contributed by atoms with Crippen molar-refractivity contribution >= 4 is 22.4 Å². The Balaban J connectivity index is 2.14. The number of aliphatic hydroxyl groups excluding tert-OH is 1. The van der Waals surface area contributed by atoms with E-state index < -0.39 is 0 Å². The SMILES string of the molecule is CC(C)Oc1c(N)nsc1N1CCC(C(C)O)C1. The van der Waals surface area contributed by atoms with E-state index in [1.807, 2.05) is 20.8 Å². The summed E-state index contributed by atoms with van der Waals surface area (Å²) in [6.45, 7) is 7.56. The fraction of sp³-hybridized carbons (Fsp3) is 0.750. The lowest BCUT2D eigenvalue weighted by Gasteiger charge is -2.20. The minimum Gasteiger partial charge on any atom is -0.484 e. The average Bonchev–Trinajstić information content (AvgIpc) is 2.86. The molecule has 3 N–H and O–H groups in total. The normalized spacial score (nSPS) is 21.6. The lowest BCUT2D eigenvalue weighted by atomic mass is 10.0. The summed E-state index contributed by atoms with van der Waals surface area (Å²) in [5.41, 5.74) is 5.85. The van der Waals surface area contributed by atoms with Crippen LogP contribution in [0.1, 0.15) is 27.2 Å². The third kappa shape index (κ3) is 2.70. The van der Waals surface area contributed by atoms with Gasteiger partial charge in [-0.3, -0.25) is 0 Å². The maximum atomic E-state index is 9.64. The van der Waals surface area contributed by atoms with Crippen molar-refractivity contribution in [3.63, 3.8) is 0 Å². The van der Waals surface area contributed by atoms with Gasteiger partial charge in [-0.25, -0.2) is 0 Å². The molecule has 6 heteroatoms. The molecule has 0 amide bonds. The number of nitrogens with zero attached hydrogens (tertiary/aromatic N) is 2. The average molecular weight is 271 g/mol. The molecule has 1 aliphatic rings. The number of nitrogen functional groups attached to an aromatic ring is 1. The van der Waals surface area contributed by atoms with Gasteiger partial charge >= 0.3 is 0 Å². The predicted molar refractivity (Wildman–Crippen MR) is 74.3 cm³/mol. The highest BCUT2D eigenvalue weighted by Gasteiger charge is 2.30. The van der Waals surface area contributed by atoms with Crippen molar-refractivity contribution in [3.8, 4) is 5.75 Å². The number of aromatic nitrogens is 1. The van der Waals surface area contributed by atoms with Crippen molar-refractivity contribution in [3.05, 3.63) is 0 Å². The van der Waals surface area contributed by atoms with Gasteiger partial charge in [0.05, 0.1) is 12.2 Å². The van der Waals surface area contributed by atoms with Crippen LogP contribution in [0.3, 0.4) is 0 Å². The Hall–Kier alpha value is -1.01. The van der Waals surface area contributed by atoms with Crippen LogP contribution >= 0.6 is 11.5 Å². The molecule has 0 radical (unpaired) electrons. The number of hydrogen-bond acceptors (Lipinski definition) is 6. The highest BCUT2D eigenvalue weighted by atomic mass is 32.1. The van der Waals surface area contributed by atoms with Crippen LogP contribution < -0.4 is 15.4 Å². The second-order valence-electron chi connectivity index (χ2n) is 5.10. The fourth-order valence-electron chi connectivity index (χ4n) is 2.20. The van der Waals surface area contributed by atoms with Crippen LogP contribution in [0.4, 0.5) is 10.8 Å². The van der Waals surface area contributed by atoms with Crippen LogP contribution in [0, 0.1) is 5.92 Å². The smallest absolute Gasteiger partial charge is 0.198 e. The van der Waals surface area contributed by atoms with Crippen LogP contribution in [0.25, 0.3) is 0 Å². The molecule has 0 bridgehead atoms. The molecule has 0 saturated carbocycles. The Morgan fingerprint density at radius 1 is 1.50 bits per heavy atom. The quantitative estimate of drug-likeness (QED) is 0.872. The number of ether oxygens (including phenoxy) is 1. The van der Waals surface area contributed by atoms with Crippen LogP contribution in [0.2, 0.25) is 0 Å². The van der Waals surface area contributed by atoms with Crippen LogP contribution in [0.15, 0.2) is 0 Å². The van der Waals surface area contributed by atoms with E-state index in [9.17, 15) is 5.11 Å². The summed E-state index contributed by atoms with van der Waals surface area (Å²) >= 11 is 1.37. The Labute approximate surface area is 112 Å². The van der Waals surface area contributed by atoms with Gasteiger partial charge in [-0.15, -0.1) is 0 Å². The van der Waals surface area contributed by atoms with Crippen molar-refractivity contribution in [2.75, 3.05) is 23.7 Å². The molecule has 1 fully saturated rings. The minimum absolute atomic E-state index is 0.0811. The molecule has 2 unspecified atom stereocenters. The molecule has 102 valence electrons. The molecule has 1 aliphatic heterocycles. The van der Waals surface area contributed by atoms with Crippen LogP contribution in [-0.4, -0.2) is 34.8 Å². The third-order valence-corrected chi connectivity index (χ3v) is 4.11. The van der Waals surface area contributed by atoms with Crippen molar-refractivity contribution in [2.24, 2.45) is 5.92 Å². The largest absolute Gasteiger partial charge is 0.484 e. The number of anilines is 2. The molecular formula is C12H21N3O2S. The molecule has 2 heterocycles. The Morgan fingerprint density at radius 2 is 2.22 bits per heavy atom. The van der Waals surface area contributed by atoms with Crippen LogP contribution in [-0.2, 0) is 0 Å². The predicted octanol–water partition coefficient (Wildman–Crippen LogP) is 1.72. The fourth-order valence-corrected chi connectivity index (χ4v) is 2.98. The van der Waals surface area contributed by atoms with Gasteiger partial charge in [0.15, 0.2) is 16.6 Å². The zero-order valence-electron chi connectivity index (χ0n) is 11.1. The summed E-state index contributed by atoms with van der Waals surface area (Å²) < 4.78 is 9.92. The van der Waals surface area contributed by atoms with E-state index in [0.29, 0.717) is 17.5 Å². The Kier molecular flexibility index (Phi) is 3.97. The second kappa shape index (κ2) is 5.32. The first kappa shape index (κ1) is 13.4. The van der Waals surface area contributed by atoms with E-state index in [4.69, 9.17) is 10.5 Å². The van der Waals surface area contributed by atoms with E-state index in [-0.39, 0.29) is 12.2 Å². The van der Waals surface area contributed by atoms with E-state index >= 15 is 0 Å². The molecule has 1 aromatic rings. The Morgan fingerprint density at radius 3 is 2.78 bits per heavy atom. The van der Waals surface area contributed by atoms with Crippen LogP contribution in [0.5, 0.6) is 5.75 Å². The van der Waals surface area contributed by atoms with E-state index in [2.05, 4.69) is 9.27 Å². The van der Waals surface area contributed by atoms with Gasteiger partial charge in [-0.2, -0.15) is 4.37 Å². The molecular weight excluding hydrogens is 250 g/mol. The summed E-state index contributed by atoms with van der Waals surface area (Å²) in [4.78, 5) is 2.21. The van der Waals surface area contributed by atoms with Crippen molar-refractivity contribution in [1.82, 2.24) is 4.37 Å². The van der Waals surface area contributed by atoms with E-state index in [1.54, 1.807) is 0 Å². The summed E-state index contributed by atoms with van der Waals surface area (Å²) in [7, 11) is 0. The molecule has 1 aromatic heterocycles. The highest BCUT2D eigenvalue weighted by molar-refractivity contribution is 7.11.